The van der Waals surface area contributed by atoms with Gasteiger partial charge < -0.3 is 10.5 Å². The molecule has 0 aromatic carbocycles. The van der Waals surface area contributed by atoms with Crippen LogP contribution in [0.15, 0.2) is 0 Å². The summed E-state index contributed by atoms with van der Waals surface area (Å²) in [4.78, 5) is 3.26. The highest BCUT2D eigenvalue weighted by molar-refractivity contribution is 7.80. The van der Waals surface area contributed by atoms with Gasteiger partial charge in [-0.25, -0.2) is 0 Å². The van der Waals surface area contributed by atoms with Gasteiger partial charge in [0.05, 0.1) is 16.2 Å². The van der Waals surface area contributed by atoms with Crippen LogP contribution in [0.2, 0.25) is 0 Å². The van der Waals surface area contributed by atoms with E-state index in [0.29, 0.717) is 16.9 Å². The van der Waals surface area contributed by atoms with E-state index < -0.39 is 0 Å². The van der Waals surface area contributed by atoms with E-state index >= 15 is 0 Å². The molecule has 0 spiro atoms. The zero-order valence-electron chi connectivity index (χ0n) is 12.0. The molecule has 1 unspecified atom stereocenters. The lowest BCUT2D eigenvalue weighted by molar-refractivity contribution is -0.0822. The number of piperidine rings is 1. The Bertz CT molecular complexity index is 333. The van der Waals surface area contributed by atoms with Crippen molar-refractivity contribution >= 4 is 17.2 Å². The maximum atomic E-state index is 6.18. The van der Waals surface area contributed by atoms with E-state index in [9.17, 15) is 0 Å². The highest BCUT2D eigenvalue weighted by atomic mass is 32.1. The Balaban J connectivity index is 2.00. The summed E-state index contributed by atoms with van der Waals surface area (Å²) < 4.78 is 6.18. The molecular formula is C14H26N2OS. The molecule has 18 heavy (non-hydrogen) atoms. The Morgan fingerprint density at radius 1 is 1.22 bits per heavy atom. The standard InChI is InChI=1S/C14H26N2OS/c1-13(2)9-11(14(3,4)17-13)16-7-5-10(6-8-16)12(15)18/h10-11H,5-9H2,1-4H3,(H2,15,18). The highest BCUT2D eigenvalue weighted by Crippen LogP contribution is 2.41. The molecule has 1 atom stereocenters. The normalized spacial score (nSPS) is 32.6. The smallest absolute Gasteiger partial charge is 0.0789 e. The van der Waals surface area contributed by atoms with Crippen LogP contribution >= 0.6 is 12.2 Å². The molecule has 2 heterocycles. The lowest BCUT2D eigenvalue weighted by Gasteiger charge is -2.40. The Morgan fingerprint density at radius 2 is 1.78 bits per heavy atom. The third-order valence-corrected chi connectivity index (χ3v) is 4.73. The fourth-order valence-electron chi connectivity index (χ4n) is 3.60. The van der Waals surface area contributed by atoms with Gasteiger partial charge >= 0.3 is 0 Å². The molecule has 2 saturated heterocycles. The summed E-state index contributed by atoms with van der Waals surface area (Å²) in [7, 11) is 0. The molecule has 2 aliphatic heterocycles. The van der Waals surface area contributed by atoms with Crippen molar-refractivity contribution in [2.45, 2.75) is 64.2 Å². The molecule has 0 bridgehead atoms. The molecule has 0 saturated carbocycles. The van der Waals surface area contributed by atoms with Crippen LogP contribution in [0.1, 0.15) is 47.0 Å². The van der Waals surface area contributed by atoms with Gasteiger partial charge in [0.15, 0.2) is 0 Å². The summed E-state index contributed by atoms with van der Waals surface area (Å²) >= 11 is 5.10. The van der Waals surface area contributed by atoms with Crippen molar-refractivity contribution in [2.24, 2.45) is 11.7 Å². The van der Waals surface area contributed by atoms with Crippen molar-refractivity contribution in [3.63, 3.8) is 0 Å². The lowest BCUT2D eigenvalue weighted by atomic mass is 9.89. The maximum Gasteiger partial charge on any atom is 0.0789 e. The topological polar surface area (TPSA) is 38.5 Å². The van der Waals surface area contributed by atoms with Gasteiger partial charge in [-0.05, 0) is 60.0 Å². The monoisotopic (exact) mass is 270 g/mol. The summed E-state index contributed by atoms with van der Waals surface area (Å²) in [6, 6.07) is 0.514. The average molecular weight is 270 g/mol. The first-order valence-electron chi connectivity index (χ1n) is 6.95. The zero-order chi connectivity index (χ0) is 13.6. The first-order chi connectivity index (χ1) is 8.21. The molecule has 0 aromatic heterocycles. The molecular weight excluding hydrogens is 244 g/mol. The zero-order valence-corrected chi connectivity index (χ0v) is 12.8. The van der Waals surface area contributed by atoms with Crippen molar-refractivity contribution in [3.8, 4) is 0 Å². The molecule has 2 N–H and O–H groups in total. The SMILES string of the molecule is CC1(C)CC(N2CCC(C(N)=S)CC2)C(C)(C)O1. The van der Waals surface area contributed by atoms with Crippen LogP contribution in [-0.2, 0) is 4.74 Å². The van der Waals surface area contributed by atoms with Gasteiger partial charge in [-0.15, -0.1) is 0 Å². The predicted molar refractivity (Wildman–Crippen MR) is 78.7 cm³/mol. The largest absolute Gasteiger partial charge is 0.393 e. The molecule has 2 fully saturated rings. The fraction of sp³-hybridized carbons (Fsp3) is 0.929. The van der Waals surface area contributed by atoms with Crippen LogP contribution in [-0.4, -0.2) is 40.2 Å². The summed E-state index contributed by atoms with van der Waals surface area (Å²) in [5.41, 5.74) is 5.69. The number of nitrogens with zero attached hydrogens (tertiary/aromatic N) is 1. The van der Waals surface area contributed by atoms with Crippen LogP contribution in [0.4, 0.5) is 0 Å². The first-order valence-corrected chi connectivity index (χ1v) is 7.36. The van der Waals surface area contributed by atoms with Crippen LogP contribution in [0, 0.1) is 5.92 Å². The molecule has 0 radical (unpaired) electrons. The Morgan fingerprint density at radius 3 is 2.17 bits per heavy atom. The highest BCUT2D eigenvalue weighted by Gasteiger charge is 2.48. The molecule has 2 aliphatic rings. The molecule has 3 nitrogen and oxygen atoms in total. The van der Waals surface area contributed by atoms with Crippen molar-refractivity contribution in [1.82, 2.24) is 4.90 Å². The molecule has 104 valence electrons. The van der Waals surface area contributed by atoms with E-state index in [-0.39, 0.29) is 11.2 Å². The third-order valence-electron chi connectivity index (χ3n) is 4.40. The van der Waals surface area contributed by atoms with E-state index in [1.54, 1.807) is 0 Å². The third kappa shape index (κ3) is 2.86. The minimum atomic E-state index is -0.0560. The number of hydrogen-bond acceptors (Lipinski definition) is 3. The maximum absolute atomic E-state index is 6.18. The molecule has 0 amide bonds. The van der Waals surface area contributed by atoms with E-state index in [1.807, 2.05) is 0 Å². The summed E-state index contributed by atoms with van der Waals surface area (Å²) in [6.45, 7) is 11.0. The van der Waals surface area contributed by atoms with Crippen molar-refractivity contribution < 1.29 is 4.74 Å². The minimum absolute atomic E-state index is 0.00577. The van der Waals surface area contributed by atoms with Gasteiger partial charge in [0.25, 0.3) is 0 Å². The van der Waals surface area contributed by atoms with Crippen LogP contribution in [0.3, 0.4) is 0 Å². The summed E-state index contributed by atoms with van der Waals surface area (Å²) in [5.74, 6) is 0.440. The molecule has 0 aliphatic carbocycles. The second kappa shape index (κ2) is 4.73. The number of likely N-dealkylation sites (tertiary alicyclic amines) is 1. The second-order valence-corrected chi connectivity index (χ2v) is 7.37. The average Bonchev–Trinajstić information content (AvgIpc) is 2.47. The lowest BCUT2D eigenvalue weighted by Crippen LogP contribution is -2.50. The Hall–Kier alpha value is -0.190. The first kappa shape index (κ1) is 14.2. The van der Waals surface area contributed by atoms with Gasteiger partial charge in [-0.1, -0.05) is 12.2 Å². The van der Waals surface area contributed by atoms with E-state index in [2.05, 4.69) is 32.6 Å². The predicted octanol–water partition coefficient (Wildman–Crippen LogP) is 2.33. The van der Waals surface area contributed by atoms with Crippen molar-refractivity contribution in [3.05, 3.63) is 0 Å². The van der Waals surface area contributed by atoms with E-state index in [0.717, 1.165) is 32.4 Å². The van der Waals surface area contributed by atoms with Crippen LogP contribution < -0.4 is 5.73 Å². The summed E-state index contributed by atoms with van der Waals surface area (Å²) in [5, 5.41) is 0. The second-order valence-electron chi connectivity index (χ2n) is 6.90. The van der Waals surface area contributed by atoms with Gasteiger partial charge in [0.2, 0.25) is 0 Å². The Kier molecular flexibility index (Phi) is 3.74. The number of nitrogens with two attached hydrogens (primary N) is 1. The quantitative estimate of drug-likeness (QED) is 0.782. The van der Waals surface area contributed by atoms with Gasteiger partial charge in [-0.3, -0.25) is 4.90 Å². The van der Waals surface area contributed by atoms with Gasteiger partial charge in [0, 0.05) is 12.0 Å². The fourth-order valence-corrected chi connectivity index (χ4v) is 3.83. The number of rotatable bonds is 2. The van der Waals surface area contributed by atoms with Gasteiger partial charge in [0.1, 0.15) is 0 Å². The molecule has 0 aromatic rings. The molecule has 2 rings (SSSR count). The Labute approximate surface area is 116 Å². The number of hydrogen-bond donors (Lipinski definition) is 1. The summed E-state index contributed by atoms with van der Waals surface area (Å²) in [6.07, 6.45) is 3.31. The molecule has 4 heteroatoms. The van der Waals surface area contributed by atoms with Gasteiger partial charge in [-0.2, -0.15) is 0 Å². The van der Waals surface area contributed by atoms with Crippen molar-refractivity contribution in [2.75, 3.05) is 13.1 Å². The van der Waals surface area contributed by atoms with E-state index in [4.69, 9.17) is 22.7 Å². The van der Waals surface area contributed by atoms with Crippen LogP contribution in [0.25, 0.3) is 0 Å². The van der Waals surface area contributed by atoms with Crippen LogP contribution in [0.5, 0.6) is 0 Å². The number of thiocarbonyl (C=S) groups is 1. The minimum Gasteiger partial charge on any atom is -0.393 e. The number of ether oxygens (including phenoxy) is 1. The van der Waals surface area contributed by atoms with E-state index in [1.165, 1.54) is 0 Å². The van der Waals surface area contributed by atoms with Crippen molar-refractivity contribution in [1.29, 1.82) is 0 Å².